The molecule has 1 saturated heterocycles. The Hall–Kier alpha value is -2.28. The number of anilines is 1. The number of nitrogens with one attached hydrogen (secondary N) is 1. The molecule has 7 heteroatoms. The van der Waals surface area contributed by atoms with Crippen LogP contribution in [0.15, 0.2) is 42.5 Å². The number of halogens is 1. The Morgan fingerprint density at radius 1 is 1.03 bits per heavy atom. The van der Waals surface area contributed by atoms with E-state index in [1.165, 1.54) is 5.56 Å². The summed E-state index contributed by atoms with van der Waals surface area (Å²) in [5.74, 6) is 1.39. The van der Waals surface area contributed by atoms with Crippen molar-refractivity contribution in [3.8, 4) is 11.5 Å². The summed E-state index contributed by atoms with van der Waals surface area (Å²) in [5.41, 5.74) is 1.99. The summed E-state index contributed by atoms with van der Waals surface area (Å²) >= 11 is 5.96. The predicted octanol–water partition coefficient (Wildman–Crippen LogP) is 3.26. The molecule has 2 aromatic rings. The van der Waals surface area contributed by atoms with Crippen molar-refractivity contribution in [2.24, 2.45) is 0 Å². The highest BCUT2D eigenvalue weighted by atomic mass is 35.5. The molecule has 2 heterocycles. The topological polar surface area (TPSA) is 54.0 Å². The van der Waals surface area contributed by atoms with Gasteiger partial charge in [-0.15, -0.1) is 0 Å². The molecule has 0 bridgehead atoms. The van der Waals surface area contributed by atoms with Gasteiger partial charge < -0.3 is 14.8 Å². The molecule has 1 amide bonds. The van der Waals surface area contributed by atoms with E-state index in [9.17, 15) is 4.79 Å². The third kappa shape index (κ3) is 5.01. The molecule has 0 radical (unpaired) electrons. The molecule has 2 aliphatic rings. The van der Waals surface area contributed by atoms with Gasteiger partial charge >= 0.3 is 0 Å². The minimum atomic E-state index is -0.194. The number of ether oxygens (including phenoxy) is 2. The Morgan fingerprint density at radius 3 is 2.45 bits per heavy atom. The minimum Gasteiger partial charge on any atom is -0.486 e. The van der Waals surface area contributed by atoms with E-state index in [0.717, 1.165) is 49.2 Å². The van der Waals surface area contributed by atoms with Crippen molar-refractivity contribution in [2.75, 3.05) is 44.7 Å². The van der Waals surface area contributed by atoms with Gasteiger partial charge in [-0.3, -0.25) is 14.6 Å². The van der Waals surface area contributed by atoms with Crippen LogP contribution in [0.3, 0.4) is 0 Å². The molecule has 0 aromatic heterocycles. The number of hydrogen-bond acceptors (Lipinski definition) is 5. The number of benzene rings is 2. The van der Waals surface area contributed by atoms with Gasteiger partial charge in [0.25, 0.3) is 0 Å². The van der Waals surface area contributed by atoms with Gasteiger partial charge in [0.2, 0.25) is 5.91 Å². The van der Waals surface area contributed by atoms with E-state index in [2.05, 4.69) is 27.2 Å². The number of fused-ring (bicyclic) bond motifs is 1. The fraction of sp³-hybridized carbons (Fsp3) is 0.409. The van der Waals surface area contributed by atoms with Gasteiger partial charge in [0, 0.05) is 49.5 Å². The summed E-state index contributed by atoms with van der Waals surface area (Å²) in [4.78, 5) is 17.4. The van der Waals surface area contributed by atoms with Crippen LogP contribution in [0.5, 0.6) is 11.5 Å². The van der Waals surface area contributed by atoms with Gasteiger partial charge in [0.05, 0.1) is 6.04 Å². The highest BCUT2D eigenvalue weighted by Gasteiger charge is 2.26. The number of piperazine rings is 1. The van der Waals surface area contributed by atoms with Gasteiger partial charge in [0.1, 0.15) is 13.2 Å². The van der Waals surface area contributed by atoms with Crippen LogP contribution in [0, 0.1) is 0 Å². The maximum atomic E-state index is 12.7. The fourth-order valence-electron chi connectivity index (χ4n) is 3.69. The van der Waals surface area contributed by atoms with E-state index in [-0.39, 0.29) is 11.9 Å². The normalized spacial score (nSPS) is 18.3. The van der Waals surface area contributed by atoms with Gasteiger partial charge in [-0.05, 0) is 36.8 Å². The zero-order valence-corrected chi connectivity index (χ0v) is 17.3. The second-order valence-corrected chi connectivity index (χ2v) is 7.90. The van der Waals surface area contributed by atoms with E-state index >= 15 is 0 Å². The van der Waals surface area contributed by atoms with Gasteiger partial charge in [-0.25, -0.2) is 0 Å². The molecule has 2 aliphatic heterocycles. The minimum absolute atomic E-state index is 0.00664. The lowest BCUT2D eigenvalue weighted by Gasteiger charge is -2.37. The summed E-state index contributed by atoms with van der Waals surface area (Å²) in [5, 5.41) is 3.76. The van der Waals surface area contributed by atoms with Crippen LogP contribution in [-0.4, -0.2) is 61.1 Å². The third-order valence-corrected chi connectivity index (χ3v) is 5.72. The molecule has 4 rings (SSSR count). The largest absolute Gasteiger partial charge is 0.486 e. The maximum Gasteiger partial charge on any atom is 0.241 e. The standard InChI is InChI=1S/C22H26ClN3O3/c1-16(22(27)24-19-6-7-20-21(14-19)29-13-12-28-20)26-10-8-25(9-11-26)15-17-2-4-18(23)5-3-17/h2-7,14,16H,8-13,15H2,1H3,(H,24,27)/t16-/m1/s1. The molecule has 2 aromatic carbocycles. The summed E-state index contributed by atoms with van der Waals surface area (Å²) < 4.78 is 11.1. The van der Waals surface area contributed by atoms with Gasteiger partial charge in [-0.2, -0.15) is 0 Å². The molecule has 6 nitrogen and oxygen atoms in total. The highest BCUT2D eigenvalue weighted by Crippen LogP contribution is 2.32. The van der Waals surface area contributed by atoms with Crippen molar-refractivity contribution in [3.05, 3.63) is 53.1 Å². The Kier molecular flexibility index (Phi) is 6.23. The molecule has 1 atom stereocenters. The Labute approximate surface area is 176 Å². The zero-order valence-electron chi connectivity index (χ0n) is 16.6. The first-order chi connectivity index (χ1) is 14.1. The number of amides is 1. The average molecular weight is 416 g/mol. The third-order valence-electron chi connectivity index (χ3n) is 5.46. The number of nitrogens with zero attached hydrogens (tertiary/aromatic N) is 2. The van der Waals surface area contributed by atoms with Crippen LogP contribution in [0.25, 0.3) is 0 Å². The fourth-order valence-corrected chi connectivity index (χ4v) is 3.82. The summed E-state index contributed by atoms with van der Waals surface area (Å²) in [6.07, 6.45) is 0. The lowest BCUT2D eigenvalue weighted by atomic mass is 10.1. The monoisotopic (exact) mass is 415 g/mol. The Bertz CT molecular complexity index is 851. The summed E-state index contributed by atoms with van der Waals surface area (Å²) in [7, 11) is 0. The smallest absolute Gasteiger partial charge is 0.241 e. The van der Waals surface area contributed by atoms with E-state index in [0.29, 0.717) is 19.0 Å². The quantitative estimate of drug-likeness (QED) is 0.812. The second kappa shape index (κ2) is 9.03. The van der Waals surface area contributed by atoms with E-state index in [4.69, 9.17) is 21.1 Å². The van der Waals surface area contributed by atoms with Crippen molar-refractivity contribution in [2.45, 2.75) is 19.5 Å². The predicted molar refractivity (Wildman–Crippen MR) is 114 cm³/mol. The first-order valence-corrected chi connectivity index (χ1v) is 10.4. The van der Waals surface area contributed by atoms with E-state index < -0.39 is 0 Å². The number of rotatable bonds is 5. The first-order valence-electron chi connectivity index (χ1n) is 10.00. The number of carbonyl (C=O) groups excluding carboxylic acids is 1. The maximum absolute atomic E-state index is 12.7. The van der Waals surface area contributed by atoms with Crippen molar-refractivity contribution < 1.29 is 14.3 Å². The van der Waals surface area contributed by atoms with Crippen LogP contribution >= 0.6 is 11.6 Å². The number of hydrogen-bond donors (Lipinski definition) is 1. The van der Waals surface area contributed by atoms with E-state index in [1.807, 2.05) is 37.3 Å². The SMILES string of the molecule is C[C@H](C(=O)Nc1ccc2c(c1)OCCO2)N1CCN(Cc2ccc(Cl)cc2)CC1. The molecule has 29 heavy (non-hydrogen) atoms. The molecule has 0 spiro atoms. The second-order valence-electron chi connectivity index (χ2n) is 7.46. The van der Waals surface area contributed by atoms with Crippen LogP contribution < -0.4 is 14.8 Å². The molecule has 0 unspecified atom stereocenters. The van der Waals surface area contributed by atoms with Crippen LogP contribution in [-0.2, 0) is 11.3 Å². The lowest BCUT2D eigenvalue weighted by Crippen LogP contribution is -2.52. The zero-order chi connectivity index (χ0) is 20.2. The van der Waals surface area contributed by atoms with Crippen LogP contribution in [0.2, 0.25) is 5.02 Å². The molecular weight excluding hydrogens is 390 g/mol. The molecule has 0 aliphatic carbocycles. The number of carbonyl (C=O) groups is 1. The van der Waals surface area contributed by atoms with Gasteiger partial charge in [-0.1, -0.05) is 23.7 Å². The van der Waals surface area contributed by atoms with Crippen LogP contribution in [0.1, 0.15) is 12.5 Å². The van der Waals surface area contributed by atoms with Crippen molar-refractivity contribution in [1.82, 2.24) is 9.80 Å². The van der Waals surface area contributed by atoms with Gasteiger partial charge in [0.15, 0.2) is 11.5 Å². The molecule has 154 valence electrons. The Balaban J connectivity index is 1.28. The van der Waals surface area contributed by atoms with Crippen molar-refractivity contribution >= 4 is 23.2 Å². The average Bonchev–Trinajstić information content (AvgIpc) is 2.75. The molecule has 1 N–H and O–H groups in total. The highest BCUT2D eigenvalue weighted by molar-refractivity contribution is 6.30. The summed E-state index contributed by atoms with van der Waals surface area (Å²) in [6.45, 7) is 7.55. The molecule has 0 saturated carbocycles. The van der Waals surface area contributed by atoms with Crippen molar-refractivity contribution in [3.63, 3.8) is 0 Å². The summed E-state index contributed by atoms with van der Waals surface area (Å²) in [6, 6.07) is 13.3. The molecule has 1 fully saturated rings. The lowest BCUT2D eigenvalue weighted by molar-refractivity contribution is -0.121. The van der Waals surface area contributed by atoms with Crippen LogP contribution in [0.4, 0.5) is 5.69 Å². The first kappa shape index (κ1) is 20.0. The van der Waals surface area contributed by atoms with E-state index in [1.54, 1.807) is 0 Å². The Morgan fingerprint density at radius 2 is 1.72 bits per heavy atom. The molecular formula is C22H26ClN3O3. The van der Waals surface area contributed by atoms with Crippen molar-refractivity contribution in [1.29, 1.82) is 0 Å².